The number of nitro groups is 1. The number of nitrogens with one attached hydrogen (secondary N) is 1. The Morgan fingerprint density at radius 1 is 1.15 bits per heavy atom. The molecule has 0 aliphatic carbocycles. The van der Waals surface area contributed by atoms with Gasteiger partial charge in [0.05, 0.1) is 27.7 Å². The van der Waals surface area contributed by atoms with Crippen LogP contribution in [0.3, 0.4) is 0 Å². The van der Waals surface area contributed by atoms with Gasteiger partial charge in [-0.15, -0.1) is 0 Å². The number of rotatable bonds is 2. The number of allylic oxidation sites excluding steroid dienone is 1. The fourth-order valence-corrected chi connectivity index (χ4v) is 2.09. The van der Waals surface area contributed by atoms with Crippen molar-refractivity contribution in [2.75, 3.05) is 5.32 Å². The number of nitro benzene ring substituents is 1. The third-order valence-corrected chi connectivity index (χ3v) is 3.04. The molecule has 1 heterocycles. The van der Waals surface area contributed by atoms with Crippen molar-refractivity contribution >= 4 is 22.8 Å². The lowest BCUT2D eigenvalue weighted by molar-refractivity contribution is -0.384. The van der Waals surface area contributed by atoms with Gasteiger partial charge in [-0.05, 0) is 12.1 Å². The van der Waals surface area contributed by atoms with Crippen LogP contribution in [0.15, 0.2) is 65.8 Å². The number of anilines is 1. The quantitative estimate of drug-likeness (QED) is 0.665. The maximum atomic E-state index is 10.8. The second kappa shape index (κ2) is 4.62. The van der Waals surface area contributed by atoms with E-state index in [-0.39, 0.29) is 5.69 Å². The smallest absolute Gasteiger partial charge is 0.270 e. The summed E-state index contributed by atoms with van der Waals surface area (Å²) in [7, 11) is 0. The van der Waals surface area contributed by atoms with Crippen molar-refractivity contribution in [1.29, 1.82) is 0 Å². The van der Waals surface area contributed by atoms with Crippen LogP contribution in [-0.2, 0) is 0 Å². The largest absolute Gasteiger partial charge is 0.352 e. The van der Waals surface area contributed by atoms with Gasteiger partial charge in [0, 0.05) is 17.7 Å². The maximum absolute atomic E-state index is 10.8. The Balaban J connectivity index is 2.10. The standard InChI is InChI=1S/C15H11N3O2/c1-10-15(11-5-4-6-12(9-11)18(19)20)17-14-8-3-2-7-13(14)16-10/h2-9,16H,1H2. The second-order valence-corrected chi connectivity index (χ2v) is 4.39. The van der Waals surface area contributed by atoms with E-state index >= 15 is 0 Å². The molecule has 5 heteroatoms. The molecule has 3 rings (SSSR count). The lowest BCUT2D eigenvalue weighted by Gasteiger charge is -2.19. The number of benzene rings is 2. The number of para-hydroxylation sites is 2. The Morgan fingerprint density at radius 2 is 1.95 bits per heavy atom. The van der Waals surface area contributed by atoms with E-state index in [1.165, 1.54) is 12.1 Å². The van der Waals surface area contributed by atoms with Gasteiger partial charge in [-0.2, -0.15) is 0 Å². The summed E-state index contributed by atoms with van der Waals surface area (Å²) in [6.07, 6.45) is 0. The number of fused-ring (bicyclic) bond motifs is 1. The molecule has 0 spiro atoms. The molecule has 0 saturated carbocycles. The first-order valence-electron chi connectivity index (χ1n) is 6.04. The van der Waals surface area contributed by atoms with Crippen molar-refractivity contribution in [3.8, 4) is 0 Å². The number of nitrogens with zero attached hydrogens (tertiary/aromatic N) is 2. The molecule has 0 amide bonds. The lowest BCUT2D eigenvalue weighted by Crippen LogP contribution is -2.15. The van der Waals surface area contributed by atoms with Gasteiger partial charge >= 0.3 is 0 Å². The molecule has 0 bridgehead atoms. The molecule has 0 saturated heterocycles. The molecule has 0 atom stereocenters. The maximum Gasteiger partial charge on any atom is 0.270 e. The minimum Gasteiger partial charge on any atom is -0.352 e. The summed E-state index contributed by atoms with van der Waals surface area (Å²) in [6, 6.07) is 14.0. The van der Waals surface area contributed by atoms with E-state index in [4.69, 9.17) is 0 Å². The third kappa shape index (κ3) is 2.05. The van der Waals surface area contributed by atoms with Crippen molar-refractivity contribution < 1.29 is 4.92 Å². The zero-order chi connectivity index (χ0) is 14.1. The molecule has 5 nitrogen and oxygen atoms in total. The van der Waals surface area contributed by atoms with Gasteiger partial charge in [0.1, 0.15) is 0 Å². The molecule has 2 aromatic rings. The van der Waals surface area contributed by atoms with Gasteiger partial charge in [0.25, 0.3) is 5.69 Å². The van der Waals surface area contributed by atoms with Crippen LogP contribution < -0.4 is 5.32 Å². The van der Waals surface area contributed by atoms with Crippen LogP contribution in [0.5, 0.6) is 0 Å². The highest BCUT2D eigenvalue weighted by Gasteiger charge is 2.17. The molecule has 0 fully saturated rings. The molecular formula is C15H11N3O2. The first-order valence-corrected chi connectivity index (χ1v) is 6.04. The van der Waals surface area contributed by atoms with Gasteiger partial charge in [0.2, 0.25) is 0 Å². The molecule has 0 radical (unpaired) electrons. The van der Waals surface area contributed by atoms with Crippen LogP contribution >= 0.6 is 0 Å². The fourth-order valence-electron chi connectivity index (χ4n) is 2.09. The SMILES string of the molecule is C=C1Nc2ccccc2N=C1c1cccc([N+](=O)[O-])c1. The first kappa shape index (κ1) is 12.1. The zero-order valence-corrected chi connectivity index (χ0v) is 10.5. The summed E-state index contributed by atoms with van der Waals surface area (Å²) in [4.78, 5) is 15.0. The number of hydrogen-bond donors (Lipinski definition) is 1. The Hall–Kier alpha value is -2.95. The second-order valence-electron chi connectivity index (χ2n) is 4.39. The third-order valence-electron chi connectivity index (χ3n) is 3.04. The number of non-ortho nitro benzene ring substituents is 1. The van der Waals surface area contributed by atoms with Gasteiger partial charge in [-0.25, -0.2) is 4.99 Å². The highest BCUT2D eigenvalue weighted by molar-refractivity contribution is 6.17. The number of hydrogen-bond acceptors (Lipinski definition) is 4. The number of aliphatic imine (C=N–C) groups is 1. The van der Waals surface area contributed by atoms with Crippen LogP contribution in [-0.4, -0.2) is 10.6 Å². The van der Waals surface area contributed by atoms with Crippen molar-refractivity contribution in [3.63, 3.8) is 0 Å². The first-order chi connectivity index (χ1) is 9.65. The lowest BCUT2D eigenvalue weighted by atomic mass is 10.0. The minimum absolute atomic E-state index is 0.0388. The highest BCUT2D eigenvalue weighted by Crippen LogP contribution is 2.32. The van der Waals surface area contributed by atoms with Crippen LogP contribution in [0.2, 0.25) is 0 Å². The molecule has 1 N–H and O–H groups in total. The predicted molar refractivity (Wildman–Crippen MR) is 78.5 cm³/mol. The van der Waals surface area contributed by atoms with Crippen LogP contribution in [0.25, 0.3) is 0 Å². The van der Waals surface area contributed by atoms with E-state index in [1.54, 1.807) is 12.1 Å². The Morgan fingerprint density at radius 3 is 2.75 bits per heavy atom. The summed E-state index contributed by atoms with van der Waals surface area (Å²) in [5, 5.41) is 14.0. The zero-order valence-electron chi connectivity index (χ0n) is 10.5. The van der Waals surface area contributed by atoms with Crippen LogP contribution in [0.4, 0.5) is 17.1 Å². The average molecular weight is 265 g/mol. The van der Waals surface area contributed by atoms with Crippen LogP contribution in [0.1, 0.15) is 5.56 Å². The van der Waals surface area contributed by atoms with Crippen molar-refractivity contribution in [2.24, 2.45) is 4.99 Å². The van der Waals surface area contributed by atoms with Gasteiger partial charge in [-0.3, -0.25) is 10.1 Å². The van der Waals surface area contributed by atoms with Crippen LogP contribution in [0, 0.1) is 10.1 Å². The Bertz CT molecular complexity index is 750. The molecule has 98 valence electrons. The molecule has 20 heavy (non-hydrogen) atoms. The van der Waals surface area contributed by atoms with E-state index in [0.717, 1.165) is 11.4 Å². The highest BCUT2D eigenvalue weighted by atomic mass is 16.6. The Kier molecular flexibility index (Phi) is 2.80. The normalized spacial score (nSPS) is 13.2. The monoisotopic (exact) mass is 265 g/mol. The summed E-state index contributed by atoms with van der Waals surface area (Å²) < 4.78 is 0. The van der Waals surface area contributed by atoms with E-state index in [2.05, 4.69) is 16.9 Å². The molecule has 0 unspecified atom stereocenters. The molecule has 1 aliphatic rings. The summed E-state index contributed by atoms with van der Waals surface area (Å²) in [5.74, 6) is 0. The summed E-state index contributed by atoms with van der Waals surface area (Å²) in [6.45, 7) is 3.93. The van der Waals surface area contributed by atoms with Gasteiger partial charge in [-0.1, -0.05) is 30.8 Å². The summed E-state index contributed by atoms with van der Waals surface area (Å²) >= 11 is 0. The molecular weight excluding hydrogens is 254 g/mol. The van der Waals surface area contributed by atoms with Gasteiger partial charge < -0.3 is 5.32 Å². The van der Waals surface area contributed by atoms with Crippen molar-refractivity contribution in [3.05, 3.63) is 76.5 Å². The van der Waals surface area contributed by atoms with E-state index in [0.29, 0.717) is 17.0 Å². The molecule has 1 aliphatic heterocycles. The topological polar surface area (TPSA) is 67.5 Å². The van der Waals surface area contributed by atoms with E-state index in [1.807, 2.05) is 24.3 Å². The van der Waals surface area contributed by atoms with Gasteiger partial charge in [0.15, 0.2) is 0 Å². The average Bonchev–Trinajstić information content (AvgIpc) is 2.46. The Labute approximate surface area is 115 Å². The minimum atomic E-state index is -0.420. The fraction of sp³-hybridized carbons (Fsp3) is 0. The molecule has 2 aromatic carbocycles. The van der Waals surface area contributed by atoms with E-state index < -0.39 is 4.92 Å². The van der Waals surface area contributed by atoms with Crippen molar-refractivity contribution in [2.45, 2.75) is 0 Å². The van der Waals surface area contributed by atoms with E-state index in [9.17, 15) is 10.1 Å². The predicted octanol–water partition coefficient (Wildman–Crippen LogP) is 3.65. The molecule has 0 aromatic heterocycles. The van der Waals surface area contributed by atoms with Crippen molar-refractivity contribution in [1.82, 2.24) is 0 Å². The summed E-state index contributed by atoms with van der Waals surface area (Å²) in [5.41, 5.74) is 3.63.